The predicted octanol–water partition coefficient (Wildman–Crippen LogP) is 3.81. The lowest BCUT2D eigenvalue weighted by Crippen LogP contribution is -2.16. The van der Waals surface area contributed by atoms with Crippen LogP contribution in [-0.2, 0) is 19.5 Å². The molecule has 2 aromatic rings. The van der Waals surface area contributed by atoms with Crippen molar-refractivity contribution >= 4 is 11.3 Å². The molecule has 0 amide bonds. The van der Waals surface area contributed by atoms with E-state index in [-0.39, 0.29) is 0 Å². The summed E-state index contributed by atoms with van der Waals surface area (Å²) in [6.07, 6.45) is 1.11. The van der Waals surface area contributed by atoms with Crippen LogP contribution in [0.3, 0.4) is 0 Å². The van der Waals surface area contributed by atoms with Crippen LogP contribution in [-0.4, -0.2) is 11.9 Å². The first-order valence-electron chi connectivity index (χ1n) is 6.46. The zero-order valence-corrected chi connectivity index (χ0v) is 12.2. The molecule has 1 heterocycles. The molecule has 98 valence electrons. The lowest BCUT2D eigenvalue weighted by atomic mass is 10.1. The third-order valence-electron chi connectivity index (χ3n) is 3.00. The van der Waals surface area contributed by atoms with Gasteiger partial charge in [-0.1, -0.05) is 19.1 Å². The first-order valence-corrected chi connectivity index (χ1v) is 7.28. The molecule has 19 heavy (non-hydrogen) atoms. The summed E-state index contributed by atoms with van der Waals surface area (Å²) in [6, 6.07) is 14.4. The summed E-state index contributed by atoms with van der Waals surface area (Å²) in [7, 11) is 2.12. The normalized spacial score (nSPS) is 10.6. The minimum Gasteiger partial charge on any atom is -0.297 e. The Labute approximate surface area is 118 Å². The lowest BCUT2D eigenvalue weighted by molar-refractivity contribution is 0.322. The van der Waals surface area contributed by atoms with Crippen LogP contribution in [0.25, 0.3) is 0 Å². The molecular weight excluding hydrogens is 252 g/mol. The van der Waals surface area contributed by atoms with Crippen molar-refractivity contribution in [3.05, 3.63) is 57.3 Å². The first kappa shape index (κ1) is 13.8. The third-order valence-corrected chi connectivity index (χ3v) is 4.21. The Morgan fingerprint density at radius 1 is 1.16 bits per heavy atom. The molecule has 2 nitrogen and oxygen atoms in total. The number of hydrogen-bond acceptors (Lipinski definition) is 3. The third kappa shape index (κ3) is 3.92. The van der Waals surface area contributed by atoms with Gasteiger partial charge < -0.3 is 0 Å². The second kappa shape index (κ2) is 6.51. The molecule has 0 spiro atoms. The molecule has 0 saturated carbocycles. The summed E-state index contributed by atoms with van der Waals surface area (Å²) >= 11 is 1.89. The largest absolute Gasteiger partial charge is 0.297 e. The quantitative estimate of drug-likeness (QED) is 0.826. The highest BCUT2D eigenvalue weighted by molar-refractivity contribution is 7.11. The van der Waals surface area contributed by atoms with Crippen molar-refractivity contribution in [2.75, 3.05) is 7.05 Å². The van der Waals surface area contributed by atoms with Crippen molar-refractivity contribution in [3.63, 3.8) is 0 Å². The lowest BCUT2D eigenvalue weighted by Gasteiger charge is -2.15. The fourth-order valence-corrected chi connectivity index (χ4v) is 3.11. The molecule has 0 aliphatic rings. The van der Waals surface area contributed by atoms with Gasteiger partial charge >= 0.3 is 0 Å². The molecule has 0 bridgehead atoms. The smallest absolute Gasteiger partial charge is 0.0991 e. The van der Waals surface area contributed by atoms with Crippen molar-refractivity contribution in [2.45, 2.75) is 26.4 Å². The summed E-state index contributed by atoms with van der Waals surface area (Å²) in [5, 5.41) is 8.90. The summed E-state index contributed by atoms with van der Waals surface area (Å²) in [5.74, 6) is 0. The zero-order valence-electron chi connectivity index (χ0n) is 11.4. The van der Waals surface area contributed by atoms with E-state index in [2.05, 4.69) is 43.1 Å². The van der Waals surface area contributed by atoms with Crippen LogP contribution in [0.5, 0.6) is 0 Å². The van der Waals surface area contributed by atoms with Crippen molar-refractivity contribution in [3.8, 4) is 6.07 Å². The maximum atomic E-state index is 8.90. The van der Waals surface area contributed by atoms with E-state index in [0.29, 0.717) is 0 Å². The summed E-state index contributed by atoms with van der Waals surface area (Å²) in [5.41, 5.74) is 1.92. The van der Waals surface area contributed by atoms with Crippen molar-refractivity contribution < 1.29 is 0 Å². The maximum Gasteiger partial charge on any atom is 0.0991 e. The number of nitriles is 1. The summed E-state index contributed by atoms with van der Waals surface area (Å²) in [4.78, 5) is 5.12. The Balaban J connectivity index is 1.97. The zero-order chi connectivity index (χ0) is 13.7. The topological polar surface area (TPSA) is 27.0 Å². The second-order valence-corrected chi connectivity index (χ2v) is 5.96. The van der Waals surface area contributed by atoms with Crippen molar-refractivity contribution in [1.82, 2.24) is 4.90 Å². The van der Waals surface area contributed by atoms with E-state index in [9.17, 15) is 0 Å². The molecule has 1 aromatic carbocycles. The van der Waals surface area contributed by atoms with Gasteiger partial charge in [-0.25, -0.2) is 0 Å². The first-order chi connectivity index (χ1) is 9.21. The maximum absolute atomic E-state index is 8.90. The Hall–Kier alpha value is -1.63. The standard InChI is InChI=1S/C16H18N2S/c1-3-15-7-8-16(19-15)12-18(2)11-14-6-4-5-13(9-14)10-17/h4-9H,3,11-12H2,1-2H3. The molecule has 0 atom stereocenters. The fraction of sp³-hybridized carbons (Fsp3) is 0.312. The van der Waals surface area contributed by atoms with Gasteiger partial charge in [0.2, 0.25) is 0 Å². The van der Waals surface area contributed by atoms with Gasteiger partial charge in [-0.3, -0.25) is 4.90 Å². The van der Waals surface area contributed by atoms with E-state index in [4.69, 9.17) is 5.26 Å². The van der Waals surface area contributed by atoms with Gasteiger partial charge in [-0.05, 0) is 43.3 Å². The van der Waals surface area contributed by atoms with Gasteiger partial charge in [0, 0.05) is 22.8 Å². The van der Waals surface area contributed by atoms with Crippen molar-refractivity contribution in [1.29, 1.82) is 5.26 Å². The van der Waals surface area contributed by atoms with Crippen molar-refractivity contribution in [2.24, 2.45) is 0 Å². The predicted molar refractivity (Wildman–Crippen MR) is 80.0 cm³/mol. The molecule has 0 N–H and O–H groups in total. The van der Waals surface area contributed by atoms with Crippen LogP contribution in [0, 0.1) is 11.3 Å². The van der Waals surface area contributed by atoms with Crippen LogP contribution >= 0.6 is 11.3 Å². The highest BCUT2D eigenvalue weighted by Gasteiger charge is 2.05. The molecule has 0 saturated heterocycles. The van der Waals surface area contributed by atoms with Gasteiger partial charge in [-0.2, -0.15) is 5.26 Å². The number of aryl methyl sites for hydroxylation is 1. The number of nitrogens with zero attached hydrogens (tertiary/aromatic N) is 2. The Morgan fingerprint density at radius 3 is 2.63 bits per heavy atom. The minimum atomic E-state index is 0.732. The number of benzene rings is 1. The van der Waals surface area contributed by atoms with E-state index < -0.39 is 0 Å². The second-order valence-electron chi connectivity index (χ2n) is 4.71. The van der Waals surface area contributed by atoms with Gasteiger partial charge in [0.15, 0.2) is 0 Å². The summed E-state index contributed by atoms with van der Waals surface area (Å²) in [6.45, 7) is 4.02. The average molecular weight is 270 g/mol. The Bertz CT molecular complexity index is 580. The molecule has 0 fully saturated rings. The van der Waals surface area contributed by atoms with E-state index in [1.807, 2.05) is 29.5 Å². The SMILES string of the molecule is CCc1ccc(CN(C)Cc2cccc(C#N)c2)s1. The number of rotatable bonds is 5. The van der Waals surface area contributed by atoms with Gasteiger partial charge in [0.25, 0.3) is 0 Å². The molecule has 1 aromatic heterocycles. The minimum absolute atomic E-state index is 0.732. The highest BCUT2D eigenvalue weighted by Crippen LogP contribution is 2.19. The summed E-state index contributed by atoms with van der Waals surface area (Å²) < 4.78 is 0. The Morgan fingerprint density at radius 2 is 1.95 bits per heavy atom. The van der Waals surface area contributed by atoms with Crippen LogP contribution in [0.2, 0.25) is 0 Å². The fourth-order valence-electron chi connectivity index (χ4n) is 2.07. The molecule has 0 unspecified atom stereocenters. The highest BCUT2D eigenvalue weighted by atomic mass is 32.1. The van der Waals surface area contributed by atoms with E-state index in [1.165, 1.54) is 15.3 Å². The number of thiophene rings is 1. The molecular formula is C16H18N2S. The molecule has 2 rings (SSSR count). The van der Waals surface area contributed by atoms with Crippen LogP contribution < -0.4 is 0 Å². The monoisotopic (exact) mass is 270 g/mol. The molecule has 0 aliphatic heterocycles. The van der Waals surface area contributed by atoms with Gasteiger partial charge in [-0.15, -0.1) is 11.3 Å². The van der Waals surface area contributed by atoms with E-state index >= 15 is 0 Å². The van der Waals surface area contributed by atoms with E-state index in [0.717, 1.165) is 25.1 Å². The van der Waals surface area contributed by atoms with E-state index in [1.54, 1.807) is 0 Å². The molecule has 3 heteroatoms. The van der Waals surface area contributed by atoms with Gasteiger partial charge in [0.1, 0.15) is 0 Å². The molecule has 0 radical (unpaired) electrons. The van der Waals surface area contributed by atoms with Gasteiger partial charge in [0.05, 0.1) is 11.6 Å². The Kier molecular flexibility index (Phi) is 4.73. The number of hydrogen-bond donors (Lipinski definition) is 0. The van der Waals surface area contributed by atoms with Crippen LogP contribution in [0.4, 0.5) is 0 Å². The van der Waals surface area contributed by atoms with Crippen LogP contribution in [0.1, 0.15) is 27.8 Å². The molecule has 0 aliphatic carbocycles. The van der Waals surface area contributed by atoms with Crippen LogP contribution in [0.15, 0.2) is 36.4 Å². The average Bonchev–Trinajstić information content (AvgIpc) is 2.86.